The summed E-state index contributed by atoms with van der Waals surface area (Å²) in [6.45, 7) is 0. The molecule has 0 radical (unpaired) electrons. The summed E-state index contributed by atoms with van der Waals surface area (Å²) in [5.74, 6) is -2.64. The molecule has 0 unspecified atom stereocenters. The molecule has 0 aliphatic carbocycles. The van der Waals surface area contributed by atoms with Crippen molar-refractivity contribution in [3.05, 3.63) is 29.5 Å². The second-order valence-electron chi connectivity index (χ2n) is 3.20. The first-order valence-corrected chi connectivity index (χ1v) is 4.28. The first-order valence-electron chi connectivity index (χ1n) is 4.28. The number of benzene rings is 1. The third-order valence-corrected chi connectivity index (χ3v) is 2.10. The monoisotopic (exact) mass is 221 g/mol. The van der Waals surface area contributed by atoms with Gasteiger partial charge in [0.25, 0.3) is 0 Å². The highest BCUT2D eigenvalue weighted by molar-refractivity contribution is 6.00. The number of hydrogen-bond acceptors (Lipinski definition) is 4. The van der Waals surface area contributed by atoms with E-state index in [9.17, 15) is 9.59 Å². The Hall–Kier alpha value is -2.50. The molecule has 4 N–H and O–H groups in total. The van der Waals surface area contributed by atoms with E-state index >= 15 is 0 Å². The van der Waals surface area contributed by atoms with Crippen LogP contribution in [0.3, 0.4) is 0 Å². The van der Waals surface area contributed by atoms with Crippen LogP contribution < -0.4 is 5.73 Å². The zero-order chi connectivity index (χ0) is 11.9. The Balaban J connectivity index is 2.72. The van der Waals surface area contributed by atoms with Gasteiger partial charge in [0.15, 0.2) is 5.58 Å². The number of hydrogen-bond donors (Lipinski definition) is 3. The summed E-state index contributed by atoms with van der Waals surface area (Å²) < 4.78 is 4.98. The van der Waals surface area contributed by atoms with Crippen molar-refractivity contribution in [1.82, 2.24) is 0 Å². The number of carbonyl (C=O) groups is 2. The maximum atomic E-state index is 10.7. The Morgan fingerprint density at radius 2 is 1.81 bits per heavy atom. The number of nitrogens with two attached hydrogens (primary N) is 1. The van der Waals surface area contributed by atoms with Crippen LogP contribution >= 0.6 is 0 Å². The second-order valence-corrected chi connectivity index (χ2v) is 3.20. The van der Waals surface area contributed by atoms with Gasteiger partial charge in [-0.15, -0.1) is 0 Å². The number of carboxylic acids is 2. The zero-order valence-electron chi connectivity index (χ0n) is 7.93. The molecular formula is C10H7NO5. The van der Waals surface area contributed by atoms with Crippen molar-refractivity contribution < 1.29 is 24.2 Å². The van der Waals surface area contributed by atoms with Gasteiger partial charge >= 0.3 is 11.9 Å². The third-order valence-electron chi connectivity index (χ3n) is 2.10. The van der Waals surface area contributed by atoms with Crippen LogP contribution in [0.15, 0.2) is 22.6 Å². The number of rotatable bonds is 2. The zero-order valence-corrected chi connectivity index (χ0v) is 7.93. The van der Waals surface area contributed by atoms with E-state index in [1.165, 1.54) is 18.2 Å². The first kappa shape index (κ1) is 10.0. The number of furan rings is 1. The number of carboxylic acid groups (broad SMARTS) is 2. The number of anilines is 1. The highest BCUT2D eigenvalue weighted by Crippen LogP contribution is 2.26. The smallest absolute Gasteiger partial charge is 0.371 e. The Labute approximate surface area is 88.9 Å². The topological polar surface area (TPSA) is 114 Å². The number of aromatic carboxylic acids is 2. The minimum Gasteiger partial charge on any atom is -0.478 e. The van der Waals surface area contributed by atoms with Crippen molar-refractivity contribution in [1.29, 1.82) is 0 Å². The van der Waals surface area contributed by atoms with E-state index in [0.717, 1.165) is 0 Å². The van der Waals surface area contributed by atoms with E-state index in [0.29, 0.717) is 5.39 Å². The summed E-state index contributed by atoms with van der Waals surface area (Å²) in [7, 11) is 0. The van der Waals surface area contributed by atoms with Crippen molar-refractivity contribution in [2.75, 3.05) is 5.73 Å². The van der Waals surface area contributed by atoms with E-state index < -0.39 is 11.9 Å². The maximum Gasteiger partial charge on any atom is 0.371 e. The molecule has 2 rings (SSSR count). The molecule has 6 nitrogen and oxygen atoms in total. The van der Waals surface area contributed by atoms with Crippen LogP contribution in [0.25, 0.3) is 11.0 Å². The molecule has 0 aliphatic rings. The lowest BCUT2D eigenvalue weighted by molar-refractivity contribution is 0.0662. The molecule has 6 heteroatoms. The van der Waals surface area contributed by atoms with E-state index in [-0.39, 0.29) is 22.6 Å². The molecule has 0 amide bonds. The van der Waals surface area contributed by atoms with Crippen LogP contribution in [0.5, 0.6) is 0 Å². The van der Waals surface area contributed by atoms with E-state index in [1.54, 1.807) is 0 Å². The lowest BCUT2D eigenvalue weighted by Crippen LogP contribution is -1.97. The van der Waals surface area contributed by atoms with Crippen LogP contribution in [0, 0.1) is 0 Å². The van der Waals surface area contributed by atoms with Gasteiger partial charge < -0.3 is 20.4 Å². The third kappa shape index (κ3) is 1.46. The van der Waals surface area contributed by atoms with Crippen LogP contribution in [-0.2, 0) is 0 Å². The summed E-state index contributed by atoms with van der Waals surface area (Å²) in [5, 5.41) is 17.8. The maximum absolute atomic E-state index is 10.7. The lowest BCUT2D eigenvalue weighted by Gasteiger charge is -1.97. The highest BCUT2D eigenvalue weighted by Gasteiger charge is 2.15. The lowest BCUT2D eigenvalue weighted by atomic mass is 10.1. The molecule has 0 bridgehead atoms. The van der Waals surface area contributed by atoms with Gasteiger partial charge in [-0.1, -0.05) is 0 Å². The van der Waals surface area contributed by atoms with Crippen LogP contribution in [0.1, 0.15) is 20.9 Å². The molecular weight excluding hydrogens is 214 g/mol. The molecule has 1 aromatic carbocycles. The first-order chi connectivity index (χ1) is 7.49. The van der Waals surface area contributed by atoms with Gasteiger partial charge in [0.2, 0.25) is 5.76 Å². The van der Waals surface area contributed by atoms with Crippen molar-refractivity contribution in [2.24, 2.45) is 0 Å². The molecule has 0 atom stereocenters. The average molecular weight is 221 g/mol. The largest absolute Gasteiger partial charge is 0.478 e. The molecule has 2 aromatic rings. The molecule has 82 valence electrons. The van der Waals surface area contributed by atoms with Gasteiger partial charge in [-0.25, -0.2) is 9.59 Å². The molecule has 0 saturated carbocycles. The molecule has 0 aliphatic heterocycles. The summed E-state index contributed by atoms with van der Waals surface area (Å²) in [4.78, 5) is 21.4. The van der Waals surface area contributed by atoms with Gasteiger partial charge in [0, 0.05) is 5.39 Å². The summed E-state index contributed by atoms with van der Waals surface area (Å²) in [6, 6.07) is 3.77. The minimum absolute atomic E-state index is 0.0114. The van der Waals surface area contributed by atoms with Gasteiger partial charge in [0.1, 0.15) is 0 Å². The summed E-state index contributed by atoms with van der Waals surface area (Å²) >= 11 is 0. The number of fused-ring (bicyclic) bond motifs is 1. The Kier molecular flexibility index (Phi) is 2.05. The van der Waals surface area contributed by atoms with E-state index in [1.807, 2.05) is 0 Å². The molecule has 1 heterocycles. The molecule has 1 aromatic heterocycles. The Morgan fingerprint density at radius 3 is 2.38 bits per heavy atom. The average Bonchev–Trinajstić information content (AvgIpc) is 2.61. The molecule has 0 saturated heterocycles. The van der Waals surface area contributed by atoms with Crippen molar-refractivity contribution in [3.63, 3.8) is 0 Å². The predicted molar refractivity (Wildman–Crippen MR) is 54.5 cm³/mol. The van der Waals surface area contributed by atoms with Crippen molar-refractivity contribution >= 4 is 28.6 Å². The van der Waals surface area contributed by atoms with Crippen LogP contribution in [0.4, 0.5) is 5.69 Å². The number of nitrogen functional groups attached to an aromatic ring is 1. The van der Waals surface area contributed by atoms with Gasteiger partial charge in [-0.05, 0) is 18.2 Å². The highest BCUT2D eigenvalue weighted by atomic mass is 16.4. The SMILES string of the molecule is Nc1cc(C(=O)O)cc2cc(C(=O)O)oc12. The standard InChI is InChI=1S/C10H7NO5/c11-6-2-5(9(12)13)1-4-3-7(10(14)15)16-8(4)6/h1-3H,11H2,(H,12,13)(H,14,15). The predicted octanol–water partition coefficient (Wildman–Crippen LogP) is 1.41. The fraction of sp³-hybridized carbons (Fsp3) is 0. The van der Waals surface area contributed by atoms with Gasteiger partial charge in [-0.2, -0.15) is 0 Å². The van der Waals surface area contributed by atoms with Crippen LogP contribution in [0.2, 0.25) is 0 Å². The fourth-order valence-electron chi connectivity index (χ4n) is 1.41. The Bertz CT molecular complexity index is 599. The molecule has 16 heavy (non-hydrogen) atoms. The molecule has 0 spiro atoms. The molecule has 0 fully saturated rings. The summed E-state index contributed by atoms with van der Waals surface area (Å²) in [6.07, 6.45) is 0. The fourth-order valence-corrected chi connectivity index (χ4v) is 1.41. The van der Waals surface area contributed by atoms with Crippen molar-refractivity contribution in [3.8, 4) is 0 Å². The Morgan fingerprint density at radius 1 is 1.12 bits per heavy atom. The summed E-state index contributed by atoms with van der Waals surface area (Å²) in [5.41, 5.74) is 5.83. The minimum atomic E-state index is -1.23. The van der Waals surface area contributed by atoms with E-state index in [2.05, 4.69) is 0 Å². The quantitative estimate of drug-likeness (QED) is 0.660. The van der Waals surface area contributed by atoms with Gasteiger partial charge in [0.05, 0.1) is 11.3 Å². The normalized spacial score (nSPS) is 10.5. The van der Waals surface area contributed by atoms with Crippen LogP contribution in [-0.4, -0.2) is 22.2 Å². The van der Waals surface area contributed by atoms with E-state index in [4.69, 9.17) is 20.4 Å². The van der Waals surface area contributed by atoms with Gasteiger partial charge in [-0.3, -0.25) is 0 Å². The van der Waals surface area contributed by atoms with Crippen molar-refractivity contribution in [2.45, 2.75) is 0 Å². The second kappa shape index (κ2) is 3.27.